The summed E-state index contributed by atoms with van der Waals surface area (Å²) in [7, 11) is 0. The normalized spacial score (nSPS) is 11.9. The molecule has 17 heavy (non-hydrogen) atoms. The van der Waals surface area contributed by atoms with Crippen LogP contribution < -0.4 is 51.4 Å². The summed E-state index contributed by atoms with van der Waals surface area (Å²) in [6.07, 6.45) is 0. The summed E-state index contributed by atoms with van der Waals surface area (Å²) in [6, 6.07) is 8.43. The van der Waals surface area contributed by atoms with Gasteiger partial charge >= 0.3 is 51.4 Å². The molecule has 0 radical (unpaired) electrons. The van der Waals surface area contributed by atoms with Crippen LogP contribution in [0.25, 0.3) is 0 Å². The fourth-order valence-corrected chi connectivity index (χ4v) is 2.70. The summed E-state index contributed by atoms with van der Waals surface area (Å²) in [5, 5.41) is 0. The molecule has 0 spiro atoms. The molecule has 0 aliphatic carbocycles. The SMILES string of the molecule is [CH2-]c1ccccc1[C-](C(C)(C)C)C(C)(C)C.[K+]. The van der Waals surface area contributed by atoms with Gasteiger partial charge in [0.25, 0.3) is 0 Å². The molecule has 0 nitrogen and oxygen atoms in total. The zero-order valence-electron chi connectivity index (χ0n) is 12.5. The molecule has 0 atom stereocenters. The average molecular weight is 255 g/mol. The van der Waals surface area contributed by atoms with Crippen LogP contribution >= 0.6 is 0 Å². The maximum Gasteiger partial charge on any atom is 1.00 e. The molecular formula is C16H24K-. The van der Waals surface area contributed by atoms with Crippen molar-refractivity contribution < 1.29 is 51.4 Å². The van der Waals surface area contributed by atoms with Gasteiger partial charge < -0.3 is 0 Å². The molecule has 0 fully saturated rings. The topological polar surface area (TPSA) is 0 Å². The molecule has 1 rings (SSSR count). The first-order chi connectivity index (χ1) is 7.14. The van der Waals surface area contributed by atoms with E-state index >= 15 is 0 Å². The van der Waals surface area contributed by atoms with Crippen LogP contribution in [0.4, 0.5) is 0 Å². The molecule has 1 aromatic rings. The summed E-state index contributed by atoms with van der Waals surface area (Å²) in [5.74, 6) is 1.48. The Labute approximate surface area is 150 Å². The second kappa shape index (κ2) is 6.16. The van der Waals surface area contributed by atoms with Gasteiger partial charge in [-0.15, -0.1) is 12.1 Å². The van der Waals surface area contributed by atoms with Gasteiger partial charge in [0, 0.05) is 0 Å². The fourth-order valence-electron chi connectivity index (χ4n) is 2.70. The Bertz CT molecular complexity index is 339. The molecule has 0 amide bonds. The van der Waals surface area contributed by atoms with Crippen LogP contribution in [0.3, 0.4) is 0 Å². The summed E-state index contributed by atoms with van der Waals surface area (Å²) in [6.45, 7) is 17.8. The van der Waals surface area contributed by atoms with E-state index in [1.807, 2.05) is 0 Å². The predicted molar refractivity (Wildman–Crippen MR) is 72.2 cm³/mol. The molecule has 0 aliphatic heterocycles. The van der Waals surface area contributed by atoms with E-state index in [0.717, 1.165) is 5.56 Å². The van der Waals surface area contributed by atoms with Crippen molar-refractivity contribution in [2.24, 2.45) is 10.8 Å². The maximum absolute atomic E-state index is 4.15. The third kappa shape index (κ3) is 4.64. The maximum atomic E-state index is 4.15. The summed E-state index contributed by atoms with van der Waals surface area (Å²) < 4.78 is 0. The van der Waals surface area contributed by atoms with E-state index in [2.05, 4.69) is 72.7 Å². The summed E-state index contributed by atoms with van der Waals surface area (Å²) >= 11 is 0. The molecule has 1 heteroatoms. The van der Waals surface area contributed by atoms with Crippen molar-refractivity contribution in [2.75, 3.05) is 0 Å². The van der Waals surface area contributed by atoms with Crippen molar-refractivity contribution in [3.05, 3.63) is 48.2 Å². The van der Waals surface area contributed by atoms with E-state index < -0.39 is 0 Å². The third-order valence-electron chi connectivity index (χ3n) is 2.79. The smallest absolute Gasteiger partial charge is 0.299 e. The van der Waals surface area contributed by atoms with Crippen molar-refractivity contribution in [3.8, 4) is 0 Å². The average Bonchev–Trinajstić information content (AvgIpc) is 2.03. The van der Waals surface area contributed by atoms with E-state index in [1.54, 1.807) is 0 Å². The Morgan fingerprint density at radius 1 is 0.882 bits per heavy atom. The van der Waals surface area contributed by atoms with Crippen molar-refractivity contribution in [2.45, 2.75) is 41.5 Å². The van der Waals surface area contributed by atoms with Gasteiger partial charge in [-0.2, -0.15) is 0 Å². The second-order valence-electron chi connectivity index (χ2n) is 6.53. The molecular weight excluding hydrogens is 231 g/mol. The minimum atomic E-state index is 0. The molecule has 0 bridgehead atoms. The summed E-state index contributed by atoms with van der Waals surface area (Å²) in [5.41, 5.74) is 2.78. The van der Waals surface area contributed by atoms with Crippen molar-refractivity contribution in [1.29, 1.82) is 0 Å². The molecule has 0 N–H and O–H groups in total. The number of hydrogen-bond acceptors (Lipinski definition) is 0. The Morgan fingerprint density at radius 2 is 1.29 bits per heavy atom. The van der Waals surface area contributed by atoms with E-state index in [-0.39, 0.29) is 62.2 Å². The Balaban J connectivity index is 0.00000256. The molecule has 1 aromatic carbocycles. The molecule has 90 valence electrons. The van der Waals surface area contributed by atoms with Crippen LogP contribution in [-0.2, 0) is 0 Å². The number of hydrogen-bond donors (Lipinski definition) is 0. The first-order valence-corrected chi connectivity index (χ1v) is 5.93. The Hall–Kier alpha value is 0.596. The Morgan fingerprint density at radius 3 is 1.65 bits per heavy atom. The zero-order chi connectivity index (χ0) is 12.6. The monoisotopic (exact) mass is 255 g/mol. The largest absolute Gasteiger partial charge is 1.00 e. The van der Waals surface area contributed by atoms with Gasteiger partial charge in [0.15, 0.2) is 0 Å². The van der Waals surface area contributed by atoms with Crippen molar-refractivity contribution in [3.63, 3.8) is 0 Å². The Kier molecular flexibility index (Phi) is 6.38. The van der Waals surface area contributed by atoms with Gasteiger partial charge in [0.2, 0.25) is 0 Å². The van der Waals surface area contributed by atoms with E-state index in [9.17, 15) is 0 Å². The van der Waals surface area contributed by atoms with Gasteiger partial charge in [-0.25, -0.2) is 18.1 Å². The van der Waals surface area contributed by atoms with Gasteiger partial charge in [0.1, 0.15) is 0 Å². The third-order valence-corrected chi connectivity index (χ3v) is 2.79. The number of rotatable bonds is 1. The van der Waals surface area contributed by atoms with Crippen LogP contribution in [0.5, 0.6) is 0 Å². The van der Waals surface area contributed by atoms with Crippen LogP contribution in [0.1, 0.15) is 52.7 Å². The zero-order valence-corrected chi connectivity index (χ0v) is 15.6. The van der Waals surface area contributed by atoms with Gasteiger partial charge in [-0.3, -0.25) is 18.1 Å². The first kappa shape index (κ1) is 17.6. The first-order valence-electron chi connectivity index (χ1n) is 5.93. The van der Waals surface area contributed by atoms with Crippen LogP contribution in [-0.4, -0.2) is 0 Å². The molecule has 0 saturated heterocycles. The van der Waals surface area contributed by atoms with Crippen LogP contribution in [0.15, 0.2) is 24.3 Å². The van der Waals surface area contributed by atoms with E-state index in [4.69, 9.17) is 0 Å². The van der Waals surface area contributed by atoms with E-state index in [0.29, 0.717) is 0 Å². The minimum absolute atomic E-state index is 0. The molecule has 0 aromatic heterocycles. The van der Waals surface area contributed by atoms with E-state index in [1.165, 1.54) is 11.5 Å². The molecule has 0 unspecified atom stereocenters. The van der Waals surface area contributed by atoms with Crippen LogP contribution in [0, 0.1) is 23.7 Å². The second-order valence-corrected chi connectivity index (χ2v) is 6.53. The number of benzene rings is 1. The van der Waals surface area contributed by atoms with Gasteiger partial charge in [-0.05, 0) is 0 Å². The van der Waals surface area contributed by atoms with Crippen molar-refractivity contribution >= 4 is 0 Å². The standard InChI is InChI=1S/C16H24.K/c1-12-10-8-9-11-13(12)14(15(2,3)4)16(5,6)7;/h8-11H,1H2,2-7H3;/q-2;+1. The summed E-state index contributed by atoms with van der Waals surface area (Å²) in [4.78, 5) is 0. The molecule has 0 aliphatic rings. The predicted octanol–water partition coefficient (Wildman–Crippen LogP) is 1.89. The van der Waals surface area contributed by atoms with Gasteiger partial charge in [-0.1, -0.05) is 52.4 Å². The minimum Gasteiger partial charge on any atom is -0.299 e. The van der Waals surface area contributed by atoms with Gasteiger partial charge in [0.05, 0.1) is 0 Å². The fraction of sp³-hybridized carbons (Fsp3) is 0.500. The molecule has 0 saturated carbocycles. The van der Waals surface area contributed by atoms with Crippen molar-refractivity contribution in [1.82, 2.24) is 0 Å². The molecule has 0 heterocycles. The quantitative estimate of drug-likeness (QED) is 0.531. The van der Waals surface area contributed by atoms with Crippen LogP contribution in [0.2, 0.25) is 0 Å².